The number of primary amides is 1. The summed E-state index contributed by atoms with van der Waals surface area (Å²) in [6.45, 7) is 2.83. The molecule has 37 heavy (non-hydrogen) atoms. The molecule has 1 aromatic carbocycles. The number of aliphatic imine (C=N–C) groups is 1. The lowest BCUT2D eigenvalue weighted by Crippen LogP contribution is -2.26. The van der Waals surface area contributed by atoms with Crippen LogP contribution >= 0.6 is 11.3 Å². The lowest BCUT2D eigenvalue weighted by atomic mass is 9.96. The van der Waals surface area contributed by atoms with Gasteiger partial charge in [-0.2, -0.15) is 0 Å². The average Bonchev–Trinajstić information content (AvgIpc) is 3.21. The fourth-order valence-electron chi connectivity index (χ4n) is 3.34. The van der Waals surface area contributed by atoms with E-state index >= 15 is 0 Å². The number of hydrogen-bond acceptors (Lipinski definition) is 8. The molecule has 7 N–H and O–H groups in total. The first-order chi connectivity index (χ1) is 17.4. The van der Waals surface area contributed by atoms with Gasteiger partial charge in [0, 0.05) is 24.3 Å². The standard InChI is InChI=1S/C25H26F2N6O3S/c1-25(2,36)13-7-17(26)22(18(27)8-13)19-10-16(23(29)35)24(37-19)33-20-6-4-5-14(31-20)9-21(34)32-15(11-28)12-30-3/h4-8,10-12,36H,9,28H2,1-3H3,(H2,29,35)(H,31,33)(H,32,34)/b15-11+,30-12?. The Morgan fingerprint density at radius 1 is 1.22 bits per heavy atom. The fourth-order valence-corrected chi connectivity index (χ4v) is 4.46. The third-order valence-electron chi connectivity index (χ3n) is 5.11. The van der Waals surface area contributed by atoms with Crippen molar-refractivity contribution in [2.24, 2.45) is 16.5 Å². The first-order valence-electron chi connectivity index (χ1n) is 11.0. The van der Waals surface area contributed by atoms with Crippen LogP contribution in [0.5, 0.6) is 0 Å². The molecule has 9 nitrogen and oxygen atoms in total. The maximum absolute atomic E-state index is 14.9. The summed E-state index contributed by atoms with van der Waals surface area (Å²) in [5.41, 5.74) is 9.96. The van der Waals surface area contributed by atoms with Crippen molar-refractivity contribution < 1.29 is 23.5 Å². The second kappa shape index (κ2) is 11.3. The normalized spacial score (nSPS) is 12.1. The zero-order chi connectivity index (χ0) is 27.3. The Morgan fingerprint density at radius 3 is 2.46 bits per heavy atom. The van der Waals surface area contributed by atoms with Crippen LogP contribution in [-0.2, 0) is 16.8 Å². The second-order valence-electron chi connectivity index (χ2n) is 8.47. The average molecular weight is 529 g/mol. The molecule has 0 bridgehead atoms. The second-order valence-corrected chi connectivity index (χ2v) is 9.52. The Balaban J connectivity index is 1.89. The van der Waals surface area contributed by atoms with Crippen molar-refractivity contribution in [1.29, 1.82) is 0 Å². The minimum absolute atomic E-state index is 0.00638. The molecular formula is C25H26F2N6O3S. The van der Waals surface area contributed by atoms with Crippen molar-refractivity contribution in [3.8, 4) is 10.4 Å². The van der Waals surface area contributed by atoms with Gasteiger partial charge in [-0.1, -0.05) is 6.07 Å². The molecule has 2 heterocycles. The summed E-state index contributed by atoms with van der Waals surface area (Å²) in [4.78, 5) is 32.7. The minimum atomic E-state index is -1.44. The minimum Gasteiger partial charge on any atom is -0.403 e. The number of allylic oxidation sites excluding steroid dienone is 1. The molecular weight excluding hydrogens is 502 g/mol. The molecule has 12 heteroatoms. The van der Waals surface area contributed by atoms with Gasteiger partial charge in [-0.15, -0.1) is 11.3 Å². The number of pyridine rings is 1. The Labute approximate surface area is 215 Å². The molecule has 3 rings (SSSR count). The topological polar surface area (TPSA) is 156 Å². The number of carbonyl (C=O) groups is 2. The first kappa shape index (κ1) is 27.4. The zero-order valence-corrected chi connectivity index (χ0v) is 21.1. The number of anilines is 2. The van der Waals surface area contributed by atoms with Crippen LogP contribution in [0, 0.1) is 11.6 Å². The summed E-state index contributed by atoms with van der Waals surface area (Å²) in [6, 6.07) is 8.26. The number of thiophene rings is 1. The lowest BCUT2D eigenvalue weighted by Gasteiger charge is -2.18. The Kier molecular flexibility index (Phi) is 8.35. The molecule has 0 aliphatic carbocycles. The highest BCUT2D eigenvalue weighted by Crippen LogP contribution is 2.40. The van der Waals surface area contributed by atoms with Crippen LogP contribution in [-0.4, -0.2) is 35.2 Å². The number of nitrogens with two attached hydrogens (primary N) is 2. The van der Waals surface area contributed by atoms with E-state index in [1.54, 1.807) is 18.2 Å². The van der Waals surface area contributed by atoms with Crippen molar-refractivity contribution in [3.05, 3.63) is 76.8 Å². The third kappa shape index (κ3) is 6.74. The molecule has 0 saturated heterocycles. The van der Waals surface area contributed by atoms with E-state index in [0.29, 0.717) is 11.4 Å². The largest absolute Gasteiger partial charge is 0.403 e. The van der Waals surface area contributed by atoms with Crippen LogP contribution in [0.25, 0.3) is 10.4 Å². The zero-order valence-electron chi connectivity index (χ0n) is 20.3. The van der Waals surface area contributed by atoms with Gasteiger partial charge in [-0.3, -0.25) is 14.6 Å². The molecule has 0 unspecified atom stereocenters. The molecule has 0 aliphatic rings. The van der Waals surface area contributed by atoms with Gasteiger partial charge in [0.2, 0.25) is 5.91 Å². The molecule has 0 aliphatic heterocycles. The van der Waals surface area contributed by atoms with Crippen molar-refractivity contribution >= 4 is 40.2 Å². The van der Waals surface area contributed by atoms with Gasteiger partial charge in [0.25, 0.3) is 5.91 Å². The fraction of sp³-hybridized carbons (Fsp3) is 0.200. The van der Waals surface area contributed by atoms with Crippen LogP contribution in [0.3, 0.4) is 0 Å². The van der Waals surface area contributed by atoms with Gasteiger partial charge < -0.3 is 27.2 Å². The summed E-state index contributed by atoms with van der Waals surface area (Å²) < 4.78 is 29.8. The van der Waals surface area contributed by atoms with Gasteiger partial charge in [0.1, 0.15) is 22.5 Å². The number of amides is 2. The molecule has 0 fully saturated rings. The monoisotopic (exact) mass is 528 g/mol. The van der Waals surface area contributed by atoms with E-state index in [4.69, 9.17) is 11.5 Å². The molecule has 3 aromatic rings. The number of halogens is 2. The number of benzene rings is 1. The van der Waals surface area contributed by atoms with E-state index in [2.05, 4.69) is 20.6 Å². The summed E-state index contributed by atoms with van der Waals surface area (Å²) >= 11 is 0.904. The van der Waals surface area contributed by atoms with Crippen LogP contribution in [0.15, 0.2) is 53.3 Å². The first-order valence-corrected chi connectivity index (χ1v) is 11.8. The quantitative estimate of drug-likeness (QED) is 0.268. The highest BCUT2D eigenvalue weighted by Gasteiger charge is 2.24. The molecule has 194 valence electrons. The van der Waals surface area contributed by atoms with Gasteiger partial charge in [-0.05, 0) is 49.7 Å². The van der Waals surface area contributed by atoms with E-state index in [0.717, 1.165) is 23.5 Å². The Bertz CT molecular complexity index is 1370. The summed E-state index contributed by atoms with van der Waals surface area (Å²) in [5, 5.41) is 15.8. The van der Waals surface area contributed by atoms with Crippen LogP contribution < -0.4 is 22.1 Å². The number of hydrogen-bond donors (Lipinski definition) is 5. The number of nitrogens with one attached hydrogen (secondary N) is 2. The molecule has 0 atom stereocenters. The number of aromatic nitrogens is 1. The van der Waals surface area contributed by atoms with E-state index in [-0.39, 0.29) is 44.7 Å². The van der Waals surface area contributed by atoms with Crippen LogP contribution in [0.2, 0.25) is 0 Å². The van der Waals surface area contributed by atoms with Gasteiger partial charge in [0.05, 0.1) is 34.5 Å². The molecule has 0 spiro atoms. The molecule has 2 aromatic heterocycles. The van der Waals surface area contributed by atoms with E-state index < -0.39 is 23.1 Å². The molecule has 2 amide bonds. The van der Waals surface area contributed by atoms with Crippen molar-refractivity contribution in [2.75, 3.05) is 12.4 Å². The summed E-state index contributed by atoms with van der Waals surface area (Å²) in [5.74, 6) is -2.70. The third-order valence-corrected chi connectivity index (χ3v) is 6.18. The highest BCUT2D eigenvalue weighted by molar-refractivity contribution is 7.20. The maximum Gasteiger partial charge on any atom is 0.251 e. The van der Waals surface area contributed by atoms with E-state index in [9.17, 15) is 23.5 Å². The summed E-state index contributed by atoms with van der Waals surface area (Å²) in [7, 11) is 1.54. The van der Waals surface area contributed by atoms with Crippen LogP contribution in [0.4, 0.5) is 19.6 Å². The smallest absolute Gasteiger partial charge is 0.251 e. The maximum atomic E-state index is 14.9. The van der Waals surface area contributed by atoms with Crippen molar-refractivity contribution in [2.45, 2.75) is 25.9 Å². The molecule has 0 radical (unpaired) electrons. The van der Waals surface area contributed by atoms with Crippen molar-refractivity contribution in [1.82, 2.24) is 10.3 Å². The van der Waals surface area contributed by atoms with Gasteiger partial charge in [-0.25, -0.2) is 13.8 Å². The SMILES string of the molecule is CN=C/C(=C\N)NC(=O)Cc1cccc(Nc2sc(-c3c(F)cc(C(C)(C)O)cc3F)cc2C(N)=O)n1. The molecule has 0 saturated carbocycles. The predicted octanol–water partition coefficient (Wildman–Crippen LogP) is 3.32. The summed E-state index contributed by atoms with van der Waals surface area (Å²) in [6.07, 6.45) is 2.53. The lowest BCUT2D eigenvalue weighted by molar-refractivity contribution is -0.119. The van der Waals surface area contributed by atoms with Crippen molar-refractivity contribution in [3.63, 3.8) is 0 Å². The number of nitrogens with zero attached hydrogens (tertiary/aromatic N) is 2. The predicted molar refractivity (Wildman–Crippen MR) is 139 cm³/mol. The number of carbonyl (C=O) groups excluding carboxylic acids is 2. The van der Waals surface area contributed by atoms with Crippen LogP contribution in [0.1, 0.15) is 35.5 Å². The van der Waals surface area contributed by atoms with E-state index in [1.807, 2.05) is 0 Å². The highest BCUT2D eigenvalue weighted by atomic mass is 32.1. The van der Waals surface area contributed by atoms with E-state index in [1.165, 1.54) is 39.4 Å². The van der Waals surface area contributed by atoms with Gasteiger partial charge in [0.15, 0.2) is 0 Å². The number of aliphatic hydroxyl groups is 1. The van der Waals surface area contributed by atoms with Gasteiger partial charge >= 0.3 is 0 Å². The number of rotatable bonds is 9. The Morgan fingerprint density at radius 2 is 1.89 bits per heavy atom. The Hall–Kier alpha value is -4.16.